The summed E-state index contributed by atoms with van der Waals surface area (Å²) in [6.07, 6.45) is 4.31. The summed E-state index contributed by atoms with van der Waals surface area (Å²) in [5.74, 6) is 0. The predicted molar refractivity (Wildman–Crippen MR) is 50.2 cm³/mol. The molecular formula is C8H19AsO4. The van der Waals surface area contributed by atoms with E-state index in [0.29, 0.717) is 6.42 Å². The van der Waals surface area contributed by atoms with E-state index in [0.717, 1.165) is 25.7 Å². The van der Waals surface area contributed by atoms with Crippen molar-refractivity contribution in [3.8, 4) is 0 Å². The van der Waals surface area contributed by atoms with Gasteiger partial charge >= 0.3 is 82.2 Å². The molecule has 0 fully saturated rings. The maximum atomic E-state index is 10.6. The van der Waals surface area contributed by atoms with Crippen LogP contribution < -0.4 is 0 Å². The molecule has 0 heterocycles. The Morgan fingerprint density at radius 3 is 2.31 bits per heavy atom. The summed E-state index contributed by atoms with van der Waals surface area (Å²) in [6, 6.07) is 0. The maximum absolute atomic E-state index is 10.6. The Labute approximate surface area is 82.6 Å². The zero-order valence-electron chi connectivity index (χ0n) is 8.27. The normalized spacial score (nSPS) is 14.5. The molecule has 1 atom stereocenters. The molecule has 4 nitrogen and oxygen atoms in total. The fourth-order valence-electron chi connectivity index (χ4n) is 1.15. The van der Waals surface area contributed by atoms with Gasteiger partial charge in [-0.25, -0.2) is 0 Å². The molecule has 0 saturated heterocycles. The van der Waals surface area contributed by atoms with Gasteiger partial charge in [-0.15, -0.1) is 0 Å². The van der Waals surface area contributed by atoms with Gasteiger partial charge in [-0.2, -0.15) is 0 Å². The van der Waals surface area contributed by atoms with E-state index in [1.807, 2.05) is 6.92 Å². The van der Waals surface area contributed by atoms with E-state index in [4.69, 9.17) is 8.19 Å². The molecule has 13 heavy (non-hydrogen) atoms. The Morgan fingerprint density at radius 1 is 1.31 bits per heavy atom. The van der Waals surface area contributed by atoms with Crippen molar-refractivity contribution in [3.63, 3.8) is 0 Å². The fraction of sp³-hybridized carbons (Fsp3) is 1.00. The summed E-state index contributed by atoms with van der Waals surface area (Å²) in [4.78, 5) is 0. The van der Waals surface area contributed by atoms with Crippen LogP contribution in [0, 0.1) is 0 Å². The van der Waals surface area contributed by atoms with Crippen LogP contribution in [0.3, 0.4) is 0 Å². The summed E-state index contributed by atoms with van der Waals surface area (Å²) < 4.78 is 32.5. The molecule has 0 spiro atoms. The number of unbranched alkanes of at least 4 members (excludes halogenated alkanes) is 2. The molecule has 0 aromatic heterocycles. The van der Waals surface area contributed by atoms with Crippen LogP contribution in [0.5, 0.6) is 0 Å². The minimum absolute atomic E-state index is 0.272. The van der Waals surface area contributed by atoms with Crippen LogP contribution in [-0.4, -0.2) is 28.8 Å². The standard InChI is InChI=1S/C8H19AsO4/c1-3-5-6-7-8(4-2)13-9(10,11)12/h8H,3-7H2,1-2H3,(H2,10,11,12). The van der Waals surface area contributed by atoms with Crippen molar-refractivity contribution in [1.29, 1.82) is 0 Å². The van der Waals surface area contributed by atoms with E-state index < -0.39 is 14.5 Å². The SMILES string of the molecule is CCCCCC(CC)O[As](=O)(O)O. The van der Waals surface area contributed by atoms with Crippen LogP contribution in [0.2, 0.25) is 0 Å². The monoisotopic (exact) mass is 254 g/mol. The van der Waals surface area contributed by atoms with Gasteiger partial charge < -0.3 is 0 Å². The number of hydrogen-bond donors (Lipinski definition) is 2. The number of hydrogen-bond acceptors (Lipinski definition) is 2. The Balaban J connectivity index is 3.70. The molecule has 0 radical (unpaired) electrons. The summed E-state index contributed by atoms with van der Waals surface area (Å²) in [5, 5.41) is 0. The molecule has 0 aliphatic rings. The predicted octanol–water partition coefficient (Wildman–Crippen LogP) is 1.21. The molecule has 0 aliphatic heterocycles. The number of rotatable bonds is 7. The summed E-state index contributed by atoms with van der Waals surface area (Å²) in [7, 11) is 0. The molecule has 0 aromatic carbocycles. The van der Waals surface area contributed by atoms with Crippen LogP contribution >= 0.6 is 0 Å². The van der Waals surface area contributed by atoms with E-state index >= 15 is 0 Å². The third kappa shape index (κ3) is 8.57. The van der Waals surface area contributed by atoms with Gasteiger partial charge in [0.25, 0.3) is 0 Å². The molecule has 0 saturated carbocycles. The first kappa shape index (κ1) is 13.2. The summed E-state index contributed by atoms with van der Waals surface area (Å²) >= 11 is -4.87. The van der Waals surface area contributed by atoms with Crippen molar-refractivity contribution in [2.45, 2.75) is 52.1 Å². The van der Waals surface area contributed by atoms with Crippen LogP contribution in [0.1, 0.15) is 46.0 Å². The summed E-state index contributed by atoms with van der Waals surface area (Å²) in [6.45, 7) is 3.97. The average molecular weight is 254 g/mol. The van der Waals surface area contributed by atoms with Crippen molar-refractivity contribution >= 4 is 14.5 Å². The van der Waals surface area contributed by atoms with E-state index in [-0.39, 0.29) is 6.10 Å². The Bertz CT molecular complexity index is 166. The first-order valence-electron chi connectivity index (χ1n) is 4.73. The molecule has 2 N–H and O–H groups in total. The van der Waals surface area contributed by atoms with Crippen LogP contribution in [0.4, 0.5) is 0 Å². The van der Waals surface area contributed by atoms with Gasteiger partial charge in [0, 0.05) is 0 Å². The topological polar surface area (TPSA) is 66.8 Å². The van der Waals surface area contributed by atoms with Crippen molar-refractivity contribution in [2.75, 3.05) is 0 Å². The summed E-state index contributed by atoms with van der Waals surface area (Å²) in [5.41, 5.74) is 0. The van der Waals surface area contributed by atoms with Crippen LogP contribution in [0.25, 0.3) is 0 Å². The van der Waals surface area contributed by atoms with Crippen LogP contribution in [-0.2, 0) is 7.47 Å². The quantitative estimate of drug-likeness (QED) is 0.529. The fourth-order valence-corrected chi connectivity index (χ4v) is 2.50. The van der Waals surface area contributed by atoms with Crippen molar-refractivity contribution < 1.29 is 15.7 Å². The Hall–Kier alpha value is 0.238. The third-order valence-electron chi connectivity index (χ3n) is 1.87. The second kappa shape index (κ2) is 6.66. The zero-order valence-corrected chi connectivity index (χ0v) is 10.1. The van der Waals surface area contributed by atoms with Gasteiger partial charge in [0.05, 0.1) is 0 Å². The second-order valence-corrected chi connectivity index (χ2v) is 5.62. The molecule has 0 aliphatic carbocycles. The molecular weight excluding hydrogens is 235 g/mol. The van der Waals surface area contributed by atoms with Gasteiger partial charge in [-0.05, 0) is 0 Å². The molecule has 0 rings (SSSR count). The Morgan fingerprint density at radius 2 is 1.92 bits per heavy atom. The van der Waals surface area contributed by atoms with E-state index in [2.05, 4.69) is 10.6 Å². The van der Waals surface area contributed by atoms with E-state index in [1.54, 1.807) is 0 Å². The van der Waals surface area contributed by atoms with Crippen molar-refractivity contribution in [3.05, 3.63) is 0 Å². The van der Waals surface area contributed by atoms with Gasteiger partial charge in [-0.1, -0.05) is 0 Å². The van der Waals surface area contributed by atoms with Crippen molar-refractivity contribution in [2.24, 2.45) is 0 Å². The minimum atomic E-state index is -4.87. The molecule has 0 aromatic rings. The van der Waals surface area contributed by atoms with E-state index in [1.165, 1.54) is 0 Å². The van der Waals surface area contributed by atoms with Gasteiger partial charge in [0.2, 0.25) is 0 Å². The first-order chi connectivity index (χ1) is 5.99. The van der Waals surface area contributed by atoms with Crippen LogP contribution in [0.15, 0.2) is 0 Å². The third-order valence-corrected chi connectivity index (χ3v) is 3.07. The van der Waals surface area contributed by atoms with Gasteiger partial charge in [0.1, 0.15) is 0 Å². The molecule has 1 unspecified atom stereocenters. The van der Waals surface area contributed by atoms with Gasteiger partial charge in [-0.3, -0.25) is 0 Å². The molecule has 0 bridgehead atoms. The first-order valence-corrected chi connectivity index (χ1v) is 7.94. The van der Waals surface area contributed by atoms with Gasteiger partial charge in [0.15, 0.2) is 0 Å². The zero-order chi connectivity index (χ0) is 10.3. The average Bonchev–Trinajstić information content (AvgIpc) is 2.01. The second-order valence-electron chi connectivity index (χ2n) is 3.12. The molecule has 0 amide bonds. The van der Waals surface area contributed by atoms with Crippen molar-refractivity contribution in [1.82, 2.24) is 0 Å². The molecule has 5 heteroatoms. The van der Waals surface area contributed by atoms with E-state index in [9.17, 15) is 3.74 Å². The Kier molecular flexibility index (Phi) is 6.78. The molecule has 80 valence electrons.